The second-order valence-corrected chi connectivity index (χ2v) is 11.1. The molecule has 222 valence electrons. The van der Waals surface area contributed by atoms with Crippen molar-refractivity contribution in [2.24, 2.45) is 0 Å². The van der Waals surface area contributed by atoms with E-state index < -0.39 is 0 Å². The summed E-state index contributed by atoms with van der Waals surface area (Å²) in [6.45, 7) is 10.1. The van der Waals surface area contributed by atoms with Gasteiger partial charge in [-0.15, -0.1) is 5.10 Å². The molecule has 13 heteroatoms. The number of halogens is 2. The summed E-state index contributed by atoms with van der Waals surface area (Å²) in [6, 6.07) is 4.01. The Morgan fingerprint density at radius 3 is 2.36 bits per heavy atom. The van der Waals surface area contributed by atoms with Gasteiger partial charge in [-0.2, -0.15) is 9.50 Å². The fourth-order valence-corrected chi connectivity index (χ4v) is 6.31. The highest BCUT2D eigenvalue weighted by atomic mass is 35.5. The van der Waals surface area contributed by atoms with Crippen molar-refractivity contribution in [3.05, 3.63) is 46.9 Å². The van der Waals surface area contributed by atoms with Crippen molar-refractivity contribution in [1.29, 1.82) is 0 Å². The van der Waals surface area contributed by atoms with Crippen LogP contribution in [0, 0.1) is 0 Å². The minimum absolute atomic E-state index is 0.0237. The Morgan fingerprint density at radius 2 is 1.76 bits per heavy atom. The third-order valence-electron chi connectivity index (χ3n) is 7.66. The maximum atomic E-state index is 12.2. The fourth-order valence-electron chi connectivity index (χ4n) is 5.61. The summed E-state index contributed by atoms with van der Waals surface area (Å²) in [6.07, 6.45) is 4.58. The molecule has 2 atom stereocenters. The summed E-state index contributed by atoms with van der Waals surface area (Å²) in [7, 11) is 4.84. The molecule has 0 saturated carbocycles. The number of pyridine rings is 1. The molecule has 0 radical (unpaired) electrons. The van der Waals surface area contributed by atoms with Crippen LogP contribution in [0.15, 0.2) is 31.0 Å². The van der Waals surface area contributed by atoms with Crippen molar-refractivity contribution in [3.63, 3.8) is 0 Å². The lowest BCUT2D eigenvalue weighted by atomic mass is 10.0. The minimum atomic E-state index is -0.0237. The van der Waals surface area contributed by atoms with Crippen LogP contribution in [0.4, 0.5) is 5.95 Å². The number of benzene rings is 1. The van der Waals surface area contributed by atoms with E-state index in [1.165, 1.54) is 20.3 Å². The lowest BCUT2D eigenvalue weighted by Gasteiger charge is -2.44. The maximum absolute atomic E-state index is 12.2. The van der Waals surface area contributed by atoms with Gasteiger partial charge < -0.3 is 19.7 Å². The van der Waals surface area contributed by atoms with Gasteiger partial charge in [-0.1, -0.05) is 29.8 Å². The van der Waals surface area contributed by atoms with Gasteiger partial charge in [0.05, 0.1) is 24.3 Å². The molecule has 42 heavy (non-hydrogen) atoms. The van der Waals surface area contributed by atoms with Gasteiger partial charge in [-0.05, 0) is 39.0 Å². The van der Waals surface area contributed by atoms with Crippen molar-refractivity contribution in [2.75, 3.05) is 46.2 Å². The zero-order valence-corrected chi connectivity index (χ0v) is 25.8. The number of aromatic nitrogens is 5. The topological polar surface area (TPSA) is 110 Å². The number of nitrogens with zero attached hydrogens (tertiary/aromatic N) is 7. The molecule has 11 nitrogen and oxygen atoms in total. The van der Waals surface area contributed by atoms with Crippen molar-refractivity contribution in [1.82, 2.24) is 34.4 Å². The third-order valence-corrected chi connectivity index (χ3v) is 8.41. The molecule has 4 heterocycles. The van der Waals surface area contributed by atoms with E-state index in [4.69, 9.17) is 42.8 Å². The Labute approximate surface area is 254 Å². The van der Waals surface area contributed by atoms with Crippen LogP contribution in [0.5, 0.6) is 11.5 Å². The Hall–Kier alpha value is -3.67. The Morgan fingerprint density at radius 1 is 1.10 bits per heavy atom. The Balaban J connectivity index is 1.52. The predicted molar refractivity (Wildman–Crippen MR) is 165 cm³/mol. The summed E-state index contributed by atoms with van der Waals surface area (Å²) in [4.78, 5) is 30.4. The van der Waals surface area contributed by atoms with Crippen LogP contribution in [0.3, 0.4) is 0 Å². The van der Waals surface area contributed by atoms with E-state index in [9.17, 15) is 4.79 Å². The zero-order valence-electron chi connectivity index (χ0n) is 24.3. The van der Waals surface area contributed by atoms with E-state index in [1.807, 2.05) is 11.0 Å². The number of nitrogens with one attached hydrogen (secondary N) is 1. The number of hydrogen-bond donors (Lipinski definition) is 1. The Kier molecular flexibility index (Phi) is 8.72. The maximum Gasteiger partial charge on any atom is 0.246 e. The summed E-state index contributed by atoms with van der Waals surface area (Å²) in [5, 5.41) is 9.25. The summed E-state index contributed by atoms with van der Waals surface area (Å²) in [5.74, 6) is 1.95. The number of fused-ring (bicyclic) bond motifs is 3. The van der Waals surface area contributed by atoms with Gasteiger partial charge >= 0.3 is 0 Å². The smallest absolute Gasteiger partial charge is 0.246 e. The van der Waals surface area contributed by atoms with Gasteiger partial charge in [-0.3, -0.25) is 9.69 Å². The van der Waals surface area contributed by atoms with Crippen molar-refractivity contribution in [3.8, 4) is 22.6 Å². The highest BCUT2D eigenvalue weighted by Crippen LogP contribution is 2.47. The first-order valence-corrected chi connectivity index (χ1v) is 14.5. The molecule has 1 saturated heterocycles. The number of rotatable bonds is 9. The number of carbonyl (C=O) groups excluding carboxylic acids is 1. The van der Waals surface area contributed by atoms with E-state index in [2.05, 4.69) is 40.6 Å². The molecule has 0 aliphatic carbocycles. The predicted octanol–water partition coefficient (Wildman–Crippen LogP) is 4.75. The van der Waals surface area contributed by atoms with E-state index in [0.717, 1.165) is 18.4 Å². The average molecular weight is 614 g/mol. The molecule has 1 amide bonds. The first kappa shape index (κ1) is 29.8. The number of amides is 1. The van der Waals surface area contributed by atoms with Crippen LogP contribution in [-0.2, 0) is 11.2 Å². The minimum Gasteiger partial charge on any atom is -0.495 e. The van der Waals surface area contributed by atoms with Gasteiger partial charge in [-0.25, -0.2) is 9.97 Å². The van der Waals surface area contributed by atoms with Crippen molar-refractivity contribution in [2.45, 2.75) is 38.8 Å². The molecule has 1 aliphatic heterocycles. The van der Waals surface area contributed by atoms with Crippen LogP contribution in [0.1, 0.15) is 26.1 Å². The molecule has 0 bridgehead atoms. The van der Waals surface area contributed by atoms with Crippen molar-refractivity contribution < 1.29 is 14.3 Å². The van der Waals surface area contributed by atoms with Gasteiger partial charge in [0.25, 0.3) is 0 Å². The van der Waals surface area contributed by atoms with Gasteiger partial charge in [0, 0.05) is 67.4 Å². The normalized spacial score (nSPS) is 17.5. The number of methoxy groups -OCH3 is 2. The highest BCUT2D eigenvalue weighted by molar-refractivity contribution is 6.41. The molecule has 5 rings (SSSR count). The van der Waals surface area contributed by atoms with Crippen LogP contribution in [0.25, 0.3) is 27.8 Å². The van der Waals surface area contributed by atoms with E-state index in [-0.39, 0.29) is 18.0 Å². The van der Waals surface area contributed by atoms with Crippen LogP contribution >= 0.6 is 23.2 Å². The van der Waals surface area contributed by atoms with E-state index in [0.29, 0.717) is 75.2 Å². The molecule has 0 spiro atoms. The van der Waals surface area contributed by atoms with Gasteiger partial charge in [0.15, 0.2) is 17.1 Å². The zero-order chi connectivity index (χ0) is 30.1. The summed E-state index contributed by atoms with van der Waals surface area (Å²) < 4.78 is 12.7. The highest BCUT2D eigenvalue weighted by Gasteiger charge is 2.31. The lowest BCUT2D eigenvalue weighted by Crippen LogP contribution is -2.57. The second kappa shape index (κ2) is 12.3. The molecule has 1 aromatic carbocycles. The number of piperazine rings is 1. The van der Waals surface area contributed by atoms with Gasteiger partial charge in [0.2, 0.25) is 11.9 Å². The molecule has 3 aromatic heterocycles. The van der Waals surface area contributed by atoms with E-state index >= 15 is 0 Å². The van der Waals surface area contributed by atoms with Gasteiger partial charge in [0.1, 0.15) is 11.5 Å². The number of carbonyl (C=O) groups is 1. The molecule has 4 aromatic rings. The number of anilines is 1. The molecule has 1 N–H and O–H groups in total. The van der Waals surface area contributed by atoms with Crippen LogP contribution in [-0.4, -0.2) is 93.3 Å². The van der Waals surface area contributed by atoms with Crippen LogP contribution < -0.4 is 14.8 Å². The molecule has 1 aliphatic rings. The second-order valence-electron chi connectivity index (χ2n) is 10.3. The quantitative estimate of drug-likeness (QED) is 0.268. The molecule has 1 fully saturated rings. The number of aryl methyl sites for hydroxylation is 1. The van der Waals surface area contributed by atoms with E-state index in [1.54, 1.807) is 23.8 Å². The summed E-state index contributed by atoms with van der Waals surface area (Å²) >= 11 is 13.6. The van der Waals surface area contributed by atoms with Crippen LogP contribution in [0.2, 0.25) is 10.0 Å². The standard InChI is InChI=1S/C29H34Cl2N8O3/c1-7-23(40)37-14-16(2)38(17(3)15-37)10-8-9-22-34-28-19(24-25(30)20(41-5)12-21(42-6)26(24)31)11-18-13-33-29(32-4)35-27(18)39(28)36-22/h7,11-13,16-17H,1,8-10,14-15H2,2-6H3,(H,32,33,35)/t16-,17+. The lowest BCUT2D eigenvalue weighted by molar-refractivity contribution is -0.130. The fraction of sp³-hybridized carbons (Fsp3) is 0.414. The first-order chi connectivity index (χ1) is 20.2. The average Bonchev–Trinajstić information content (AvgIpc) is 3.42. The monoisotopic (exact) mass is 612 g/mol. The molecular formula is C29H34Cl2N8O3. The molecular weight excluding hydrogens is 579 g/mol. The number of hydrogen-bond acceptors (Lipinski definition) is 9. The Bertz CT molecular complexity index is 1620. The largest absolute Gasteiger partial charge is 0.495 e. The molecule has 0 unspecified atom stereocenters. The SMILES string of the molecule is C=CC(=O)N1C[C@@H](C)N(CCCc2nc3c(-c4c(Cl)c(OC)cc(OC)c4Cl)cc4cnc(NC)nc4n3n2)[C@@H](C)C1. The third kappa shape index (κ3) is 5.44. The van der Waals surface area contributed by atoms with Crippen molar-refractivity contribution >= 4 is 51.7 Å². The first-order valence-electron chi connectivity index (χ1n) is 13.7. The summed E-state index contributed by atoms with van der Waals surface area (Å²) in [5.41, 5.74) is 2.32. The number of ether oxygens (including phenoxy) is 2.